The Hall–Kier alpha value is -1.89. The Morgan fingerprint density at radius 2 is 2.05 bits per heavy atom. The first-order valence-electron chi connectivity index (χ1n) is 6.76. The molecule has 1 fully saturated rings. The molecule has 1 aliphatic rings. The van der Waals surface area contributed by atoms with Crippen LogP contribution in [0.15, 0.2) is 30.3 Å². The molecule has 1 N–H and O–H groups in total. The van der Waals surface area contributed by atoms with Crippen LogP contribution < -0.4 is 5.32 Å². The molecule has 2 amide bonds. The Balaban J connectivity index is 1.82. The van der Waals surface area contributed by atoms with Crippen molar-refractivity contribution in [3.05, 3.63) is 35.9 Å². The van der Waals surface area contributed by atoms with Gasteiger partial charge in [0, 0.05) is 24.7 Å². The first kappa shape index (κ1) is 15.5. The first-order chi connectivity index (χ1) is 10.0. The molecule has 1 heterocycles. The normalized spacial score (nSPS) is 19.9. The highest BCUT2D eigenvalue weighted by Crippen LogP contribution is 2.16. The van der Waals surface area contributed by atoms with Gasteiger partial charge >= 0.3 is 0 Å². The van der Waals surface area contributed by atoms with E-state index in [1.807, 2.05) is 6.07 Å². The van der Waals surface area contributed by atoms with Gasteiger partial charge in [-0.3, -0.25) is 9.59 Å². The van der Waals surface area contributed by atoms with Crippen molar-refractivity contribution in [1.82, 2.24) is 10.2 Å². The van der Waals surface area contributed by atoms with Crippen LogP contribution in [0, 0.1) is 0 Å². The molecule has 114 valence electrons. The smallest absolute Gasteiger partial charge is 0.251 e. The predicted octanol–water partition coefficient (Wildman–Crippen LogP) is 0.0619. The summed E-state index contributed by atoms with van der Waals surface area (Å²) in [6.07, 6.45) is 1.12. The zero-order chi connectivity index (χ0) is 15.3. The van der Waals surface area contributed by atoms with E-state index in [-0.39, 0.29) is 23.5 Å². The molecular weight excluding hydrogens is 292 g/mol. The van der Waals surface area contributed by atoms with Crippen LogP contribution in [0.4, 0.5) is 0 Å². The molecule has 1 atom stereocenters. The minimum Gasteiger partial charge on any atom is -0.350 e. The second-order valence-corrected chi connectivity index (χ2v) is 7.25. The molecule has 0 saturated carbocycles. The van der Waals surface area contributed by atoms with E-state index in [2.05, 4.69) is 5.32 Å². The van der Waals surface area contributed by atoms with Crippen LogP contribution in [0.1, 0.15) is 16.8 Å². The van der Waals surface area contributed by atoms with Gasteiger partial charge in [-0.15, -0.1) is 0 Å². The van der Waals surface area contributed by atoms with Crippen LogP contribution in [0.25, 0.3) is 0 Å². The van der Waals surface area contributed by atoms with Crippen molar-refractivity contribution in [3.63, 3.8) is 0 Å². The molecule has 21 heavy (non-hydrogen) atoms. The van der Waals surface area contributed by atoms with E-state index in [4.69, 9.17) is 0 Å². The van der Waals surface area contributed by atoms with Crippen molar-refractivity contribution >= 4 is 22.2 Å². The van der Waals surface area contributed by atoms with E-state index in [1.165, 1.54) is 4.90 Å². The molecule has 0 bridgehead atoms. The quantitative estimate of drug-likeness (QED) is 0.753. The number of nitrogens with one attached hydrogen (secondary N) is 1. The number of rotatable bonds is 6. The largest absolute Gasteiger partial charge is 0.350 e. The van der Waals surface area contributed by atoms with Crippen molar-refractivity contribution < 1.29 is 18.0 Å². The van der Waals surface area contributed by atoms with Gasteiger partial charge in [0.2, 0.25) is 6.41 Å². The van der Waals surface area contributed by atoms with E-state index >= 15 is 0 Å². The summed E-state index contributed by atoms with van der Waals surface area (Å²) in [5, 5.41) is 2.72. The highest BCUT2D eigenvalue weighted by atomic mass is 32.2. The van der Waals surface area contributed by atoms with Crippen LogP contribution in [-0.2, 0) is 14.6 Å². The van der Waals surface area contributed by atoms with E-state index < -0.39 is 9.84 Å². The topological polar surface area (TPSA) is 83.6 Å². The van der Waals surface area contributed by atoms with Crippen LogP contribution in [0.2, 0.25) is 0 Å². The summed E-state index contributed by atoms with van der Waals surface area (Å²) >= 11 is 0. The summed E-state index contributed by atoms with van der Waals surface area (Å²) in [5.41, 5.74) is 0.554. The second-order valence-electron chi connectivity index (χ2n) is 5.02. The summed E-state index contributed by atoms with van der Waals surface area (Å²) in [7, 11) is -3.02. The van der Waals surface area contributed by atoms with Crippen molar-refractivity contribution in [3.8, 4) is 0 Å². The summed E-state index contributed by atoms with van der Waals surface area (Å²) < 4.78 is 22.8. The summed E-state index contributed by atoms with van der Waals surface area (Å²) in [6, 6.07) is 8.51. The number of carbonyl (C=O) groups excluding carboxylic acids is 2. The molecule has 0 unspecified atom stereocenters. The average Bonchev–Trinajstić information content (AvgIpc) is 2.84. The molecule has 0 radical (unpaired) electrons. The fourth-order valence-corrected chi connectivity index (χ4v) is 4.09. The average molecular weight is 310 g/mol. The fourth-order valence-electron chi connectivity index (χ4n) is 2.35. The van der Waals surface area contributed by atoms with Crippen LogP contribution >= 0.6 is 0 Å². The lowest BCUT2D eigenvalue weighted by Crippen LogP contribution is -2.40. The minimum atomic E-state index is -3.02. The van der Waals surface area contributed by atoms with Crippen molar-refractivity contribution in [2.75, 3.05) is 24.6 Å². The minimum absolute atomic E-state index is 0.0123. The maximum atomic E-state index is 11.8. The van der Waals surface area contributed by atoms with E-state index in [9.17, 15) is 18.0 Å². The standard InChI is InChI=1S/C14H18N2O4S/c17-11-16(13-6-9-21(19,20)10-13)8-7-15-14(18)12-4-2-1-3-5-12/h1-5,11,13H,6-10H2,(H,15,18)/t13-/m0/s1. The van der Waals surface area contributed by atoms with E-state index in [1.54, 1.807) is 24.3 Å². The Bertz CT molecular complexity index is 601. The van der Waals surface area contributed by atoms with Gasteiger partial charge in [0.1, 0.15) is 0 Å². The van der Waals surface area contributed by atoms with Crippen molar-refractivity contribution in [2.24, 2.45) is 0 Å². The highest BCUT2D eigenvalue weighted by molar-refractivity contribution is 7.91. The monoisotopic (exact) mass is 310 g/mol. The molecule has 0 spiro atoms. The Morgan fingerprint density at radius 1 is 1.33 bits per heavy atom. The third-order valence-corrected chi connectivity index (χ3v) is 5.25. The van der Waals surface area contributed by atoms with E-state index in [0.717, 1.165) is 0 Å². The summed E-state index contributed by atoms with van der Waals surface area (Å²) in [5.74, 6) is -0.0722. The van der Waals surface area contributed by atoms with Gasteiger partial charge in [-0.2, -0.15) is 0 Å². The maximum absolute atomic E-state index is 11.8. The lowest BCUT2D eigenvalue weighted by Gasteiger charge is -2.23. The van der Waals surface area contributed by atoms with Crippen molar-refractivity contribution in [2.45, 2.75) is 12.5 Å². The third kappa shape index (κ3) is 4.29. The van der Waals surface area contributed by atoms with Crippen LogP contribution in [0.5, 0.6) is 0 Å². The molecule has 2 rings (SSSR count). The SMILES string of the molecule is O=CN(CCNC(=O)c1ccccc1)[C@H]1CCS(=O)(=O)C1. The number of sulfone groups is 1. The van der Waals surface area contributed by atoms with Gasteiger partial charge in [-0.25, -0.2) is 8.42 Å². The molecule has 0 aliphatic carbocycles. The number of benzene rings is 1. The first-order valence-corrected chi connectivity index (χ1v) is 8.59. The zero-order valence-electron chi connectivity index (χ0n) is 11.6. The van der Waals surface area contributed by atoms with Gasteiger partial charge in [0.15, 0.2) is 9.84 Å². The molecule has 0 aromatic heterocycles. The number of carbonyl (C=O) groups is 2. The molecular formula is C14H18N2O4S. The fraction of sp³-hybridized carbons (Fsp3) is 0.429. The van der Waals surface area contributed by atoms with Gasteiger partial charge < -0.3 is 10.2 Å². The van der Waals surface area contributed by atoms with Gasteiger partial charge in [0.05, 0.1) is 11.5 Å². The lowest BCUT2D eigenvalue weighted by molar-refractivity contribution is -0.119. The third-order valence-electron chi connectivity index (χ3n) is 3.50. The predicted molar refractivity (Wildman–Crippen MR) is 78.6 cm³/mol. The number of hydrogen-bond acceptors (Lipinski definition) is 4. The van der Waals surface area contributed by atoms with E-state index in [0.29, 0.717) is 31.5 Å². The van der Waals surface area contributed by atoms with Crippen molar-refractivity contribution in [1.29, 1.82) is 0 Å². The molecule has 1 saturated heterocycles. The Labute approximate surface area is 124 Å². The molecule has 1 aromatic carbocycles. The highest BCUT2D eigenvalue weighted by Gasteiger charge is 2.31. The molecule has 6 nitrogen and oxygen atoms in total. The molecule has 7 heteroatoms. The summed E-state index contributed by atoms with van der Waals surface area (Å²) in [4.78, 5) is 24.3. The van der Waals surface area contributed by atoms with Gasteiger partial charge in [-0.05, 0) is 18.6 Å². The summed E-state index contributed by atoms with van der Waals surface area (Å²) in [6.45, 7) is 0.602. The number of amides is 2. The Morgan fingerprint density at radius 3 is 2.62 bits per heavy atom. The maximum Gasteiger partial charge on any atom is 0.251 e. The molecule has 1 aliphatic heterocycles. The van der Waals surface area contributed by atoms with Gasteiger partial charge in [0.25, 0.3) is 5.91 Å². The number of nitrogens with zero attached hydrogens (tertiary/aromatic N) is 1. The number of hydrogen-bond donors (Lipinski definition) is 1. The Kier molecular flexibility index (Phi) is 4.95. The van der Waals surface area contributed by atoms with Crippen LogP contribution in [0.3, 0.4) is 0 Å². The second kappa shape index (κ2) is 6.71. The molecule has 1 aromatic rings. The van der Waals surface area contributed by atoms with Crippen LogP contribution in [-0.4, -0.2) is 56.3 Å². The lowest BCUT2D eigenvalue weighted by atomic mass is 10.2. The van der Waals surface area contributed by atoms with Gasteiger partial charge in [-0.1, -0.05) is 18.2 Å². The zero-order valence-corrected chi connectivity index (χ0v) is 12.4.